The number of nitrogens with one attached hydrogen (secondary N) is 1. The van der Waals surface area contributed by atoms with Gasteiger partial charge in [0.05, 0.1) is 19.2 Å². The molecule has 1 aromatic carbocycles. The summed E-state index contributed by atoms with van der Waals surface area (Å²) in [5.41, 5.74) is 0.856. The molecule has 0 aliphatic rings. The Morgan fingerprint density at radius 1 is 1.47 bits per heavy atom. The molecule has 5 nitrogen and oxygen atoms in total. The predicted octanol–water partition coefficient (Wildman–Crippen LogP) is 0.878. The van der Waals surface area contributed by atoms with Crippen molar-refractivity contribution in [3.63, 3.8) is 0 Å². The number of carbonyl (C=O) groups excluding carboxylic acids is 2. The van der Waals surface area contributed by atoms with Gasteiger partial charge in [-0.05, 0) is 17.7 Å². The first-order valence-corrected chi connectivity index (χ1v) is 4.54. The first-order valence-electron chi connectivity index (χ1n) is 4.54. The number of phenols is 1. The monoisotopic (exact) mass is 274 g/mol. The van der Waals surface area contributed by atoms with Gasteiger partial charge in [0.15, 0.2) is 0 Å². The van der Waals surface area contributed by atoms with Crippen LogP contribution in [-0.2, 0) is 38.1 Å². The Balaban J connectivity index is 0.00000256. The van der Waals surface area contributed by atoms with Gasteiger partial charge < -0.3 is 15.2 Å². The van der Waals surface area contributed by atoms with E-state index in [1.165, 1.54) is 19.2 Å². The molecule has 1 radical (unpaired) electrons. The third-order valence-corrected chi connectivity index (χ3v) is 1.91. The van der Waals surface area contributed by atoms with E-state index in [2.05, 4.69) is 17.0 Å². The number of benzene rings is 1. The fraction of sp³-hybridized carbons (Fsp3) is 0.182. The molecule has 17 heavy (non-hydrogen) atoms. The van der Waals surface area contributed by atoms with Crippen molar-refractivity contribution in [3.05, 3.63) is 30.7 Å². The molecule has 2 N–H and O–H groups in total. The summed E-state index contributed by atoms with van der Waals surface area (Å²) in [5, 5.41) is 11.8. The molecular formula is C11H12CrNO4. The van der Waals surface area contributed by atoms with Crippen LogP contribution in [0.3, 0.4) is 0 Å². The molecule has 1 aromatic rings. The summed E-state index contributed by atoms with van der Waals surface area (Å²) in [7, 11) is 1.29. The second kappa shape index (κ2) is 6.94. The minimum absolute atomic E-state index is 0. The smallest absolute Gasteiger partial charge is 0.309 e. The summed E-state index contributed by atoms with van der Waals surface area (Å²) in [4.78, 5) is 21.7. The van der Waals surface area contributed by atoms with Crippen molar-refractivity contribution >= 4 is 17.6 Å². The summed E-state index contributed by atoms with van der Waals surface area (Å²) >= 11 is 0. The van der Waals surface area contributed by atoms with E-state index in [0.717, 1.165) is 0 Å². The average Bonchev–Trinajstić information content (AvgIpc) is 2.22. The van der Waals surface area contributed by atoms with Crippen LogP contribution in [-0.4, -0.2) is 24.1 Å². The summed E-state index contributed by atoms with van der Waals surface area (Å²) in [6.07, 6.45) is 0.0802. The zero-order valence-electron chi connectivity index (χ0n) is 9.23. The van der Waals surface area contributed by atoms with Gasteiger partial charge in [-0.3, -0.25) is 9.59 Å². The van der Waals surface area contributed by atoms with Gasteiger partial charge in [-0.15, -0.1) is 0 Å². The number of ether oxygens (including phenoxy) is 1. The van der Waals surface area contributed by atoms with E-state index >= 15 is 0 Å². The van der Waals surface area contributed by atoms with Crippen molar-refractivity contribution in [2.45, 2.75) is 6.42 Å². The standard InChI is InChI=1S/C11H12NO4.Cr/c1-7(13)12-9-5-8(3-4-10(9)14)6-11(15)16-2;/h3-5,14H,1,6H2,2H3,(H,12,13);. The van der Waals surface area contributed by atoms with E-state index in [1.807, 2.05) is 0 Å². The summed E-state index contributed by atoms with van der Waals surface area (Å²) in [6, 6.07) is 4.46. The third-order valence-electron chi connectivity index (χ3n) is 1.91. The molecule has 0 spiro atoms. The molecule has 0 aliphatic heterocycles. The van der Waals surface area contributed by atoms with Crippen LogP contribution in [0.25, 0.3) is 0 Å². The zero-order valence-corrected chi connectivity index (χ0v) is 10.5. The number of rotatable bonds is 3. The molecule has 1 rings (SSSR count). The van der Waals surface area contributed by atoms with Gasteiger partial charge in [0, 0.05) is 24.3 Å². The largest absolute Gasteiger partial charge is 0.506 e. The van der Waals surface area contributed by atoms with Gasteiger partial charge >= 0.3 is 5.97 Å². The van der Waals surface area contributed by atoms with Crippen LogP contribution in [0.2, 0.25) is 0 Å². The molecule has 0 atom stereocenters. The molecule has 0 fully saturated rings. The first-order chi connectivity index (χ1) is 7.52. The average molecular weight is 274 g/mol. The van der Waals surface area contributed by atoms with Gasteiger partial charge in [0.25, 0.3) is 0 Å². The van der Waals surface area contributed by atoms with Crippen molar-refractivity contribution in [2.75, 3.05) is 12.4 Å². The number of carbonyl (C=O) groups is 2. The zero-order chi connectivity index (χ0) is 12.1. The van der Waals surface area contributed by atoms with E-state index < -0.39 is 11.9 Å². The Labute approximate surface area is 110 Å². The van der Waals surface area contributed by atoms with Crippen LogP contribution in [0.5, 0.6) is 5.75 Å². The Morgan fingerprint density at radius 2 is 2.12 bits per heavy atom. The summed E-state index contributed by atoms with van der Waals surface area (Å²) in [5.74, 6) is -1.01. The van der Waals surface area contributed by atoms with Crippen LogP contribution in [0.1, 0.15) is 5.56 Å². The van der Waals surface area contributed by atoms with Gasteiger partial charge in [0.2, 0.25) is 5.91 Å². The molecule has 0 saturated heterocycles. The summed E-state index contributed by atoms with van der Waals surface area (Å²) in [6.45, 7) is 3.13. The molecule has 6 heteroatoms. The van der Waals surface area contributed by atoms with Crippen molar-refractivity contribution in [1.29, 1.82) is 0 Å². The van der Waals surface area contributed by atoms with Crippen molar-refractivity contribution in [1.82, 2.24) is 0 Å². The number of hydrogen-bond donors (Lipinski definition) is 2. The number of esters is 1. The van der Waals surface area contributed by atoms with E-state index in [-0.39, 0.29) is 35.2 Å². The Bertz CT molecular complexity index is 420. The van der Waals surface area contributed by atoms with Crippen LogP contribution >= 0.6 is 0 Å². The Hall–Kier alpha value is -1.51. The molecule has 1 amide bonds. The molecular weight excluding hydrogens is 262 g/mol. The maximum Gasteiger partial charge on any atom is 0.309 e. The first kappa shape index (κ1) is 15.5. The number of methoxy groups -OCH3 is 1. The summed E-state index contributed by atoms with van der Waals surface area (Å²) < 4.78 is 4.50. The van der Waals surface area contributed by atoms with Gasteiger partial charge in [0.1, 0.15) is 5.75 Å². The molecule has 0 heterocycles. The maximum absolute atomic E-state index is 11.0. The topological polar surface area (TPSA) is 75.6 Å². The SMILES string of the molecule is [CH2]C(=O)Nc1cc(CC(=O)OC)ccc1O.[Cr]. The number of amides is 1. The van der Waals surface area contributed by atoms with E-state index in [4.69, 9.17) is 0 Å². The van der Waals surface area contributed by atoms with Crippen molar-refractivity contribution in [3.8, 4) is 5.75 Å². The Morgan fingerprint density at radius 3 is 2.65 bits per heavy atom. The van der Waals surface area contributed by atoms with Gasteiger partial charge in [-0.1, -0.05) is 6.07 Å². The van der Waals surface area contributed by atoms with Gasteiger partial charge in [-0.25, -0.2) is 0 Å². The van der Waals surface area contributed by atoms with Gasteiger partial charge in [-0.2, -0.15) is 0 Å². The maximum atomic E-state index is 11.0. The Kier molecular flexibility index (Phi) is 6.33. The molecule has 91 valence electrons. The van der Waals surface area contributed by atoms with Crippen molar-refractivity contribution in [2.24, 2.45) is 0 Å². The molecule has 0 bridgehead atoms. The van der Waals surface area contributed by atoms with E-state index in [1.54, 1.807) is 6.07 Å². The van der Waals surface area contributed by atoms with Crippen LogP contribution in [0, 0.1) is 6.92 Å². The number of aromatic hydroxyl groups is 1. The minimum atomic E-state index is -0.537. The van der Waals surface area contributed by atoms with Crippen LogP contribution in [0.4, 0.5) is 5.69 Å². The fourth-order valence-electron chi connectivity index (χ4n) is 1.18. The molecule has 0 aliphatic carbocycles. The van der Waals surface area contributed by atoms with Crippen molar-refractivity contribution < 1.29 is 36.8 Å². The third kappa shape index (κ3) is 4.90. The minimum Gasteiger partial charge on any atom is -0.506 e. The quantitative estimate of drug-likeness (QED) is 0.633. The predicted molar refractivity (Wildman–Crippen MR) is 57.8 cm³/mol. The number of anilines is 1. The second-order valence-corrected chi connectivity index (χ2v) is 3.15. The van der Waals surface area contributed by atoms with E-state index in [0.29, 0.717) is 5.56 Å². The molecule has 0 aromatic heterocycles. The molecule has 0 saturated carbocycles. The van der Waals surface area contributed by atoms with Crippen LogP contribution < -0.4 is 5.32 Å². The second-order valence-electron chi connectivity index (χ2n) is 3.15. The van der Waals surface area contributed by atoms with Crippen LogP contribution in [0.15, 0.2) is 18.2 Å². The van der Waals surface area contributed by atoms with E-state index in [9.17, 15) is 14.7 Å². The molecule has 0 unspecified atom stereocenters. The number of hydrogen-bond acceptors (Lipinski definition) is 4. The normalized spacial score (nSPS) is 9.06. The number of phenolic OH excluding ortho intramolecular Hbond substituents is 1. The fourth-order valence-corrected chi connectivity index (χ4v) is 1.18.